The molecule has 2 heterocycles. The van der Waals surface area contributed by atoms with Crippen LogP contribution in [0.5, 0.6) is 5.75 Å². The van der Waals surface area contributed by atoms with Gasteiger partial charge in [-0.05, 0) is 81.3 Å². The molecule has 5 rings (SSSR count). The molecular formula is C45H67BrN2O7. The fourth-order valence-corrected chi connectivity index (χ4v) is 8.20. The molecule has 0 spiro atoms. The zero-order valence-electron chi connectivity index (χ0n) is 33.3. The maximum atomic E-state index is 12.6. The van der Waals surface area contributed by atoms with Crippen LogP contribution in [-0.4, -0.2) is 95.1 Å². The Morgan fingerprint density at radius 1 is 0.836 bits per heavy atom. The molecule has 0 amide bonds. The van der Waals surface area contributed by atoms with E-state index in [-0.39, 0.29) is 48.0 Å². The van der Waals surface area contributed by atoms with Crippen LogP contribution in [0.1, 0.15) is 112 Å². The summed E-state index contributed by atoms with van der Waals surface area (Å²) in [5, 5.41) is 41.9. The molecule has 0 saturated carbocycles. The summed E-state index contributed by atoms with van der Waals surface area (Å²) in [5.74, 6) is -0.803. The van der Waals surface area contributed by atoms with Crippen molar-refractivity contribution in [2.24, 2.45) is 0 Å². The molecule has 3 aromatic carbocycles. The number of hydrogen-bond donors (Lipinski definition) is 5. The van der Waals surface area contributed by atoms with Crippen LogP contribution in [0.25, 0.3) is 0 Å². The summed E-state index contributed by atoms with van der Waals surface area (Å²) < 4.78 is 12.7. The first-order valence-corrected chi connectivity index (χ1v) is 20.3. The molecule has 306 valence electrons. The van der Waals surface area contributed by atoms with E-state index in [0.717, 1.165) is 81.2 Å². The lowest BCUT2D eigenvalue weighted by Crippen LogP contribution is -3.00. The molecule has 10 heteroatoms. The largest absolute Gasteiger partial charge is 1.00 e. The smallest absolute Gasteiger partial charge is 0.316 e. The molecule has 55 heavy (non-hydrogen) atoms. The Kier molecular flexibility index (Phi) is 20.9. The summed E-state index contributed by atoms with van der Waals surface area (Å²) >= 11 is 0. The molecule has 2 aliphatic heterocycles. The fourth-order valence-electron chi connectivity index (χ4n) is 8.20. The Labute approximate surface area is 340 Å². The van der Waals surface area contributed by atoms with Crippen molar-refractivity contribution in [2.45, 2.75) is 127 Å². The van der Waals surface area contributed by atoms with E-state index >= 15 is 0 Å². The minimum absolute atomic E-state index is 0. The highest BCUT2D eigenvalue weighted by atomic mass is 79.9. The molecule has 0 aromatic heterocycles. The van der Waals surface area contributed by atoms with E-state index < -0.39 is 12.0 Å². The Morgan fingerprint density at radius 3 is 2.07 bits per heavy atom. The number of hydrogen-bond acceptors (Lipinski definition) is 8. The van der Waals surface area contributed by atoms with Crippen LogP contribution in [0.4, 0.5) is 0 Å². The number of ether oxygens (including phenoxy) is 2. The Morgan fingerprint density at radius 2 is 1.45 bits per heavy atom. The SMILES string of the molecule is CC(C)[N+]1(C)C2CCC1CC(OC(=O)C(CO)c1ccccc1)C2.OCc1cc(C(O)CNCCCCCCOCCCCc2ccccc2)ccc1O.[Br-]. The number of aryl methyl sites for hydroxylation is 1. The van der Waals surface area contributed by atoms with Crippen molar-refractivity contribution in [3.63, 3.8) is 0 Å². The third kappa shape index (κ3) is 14.3. The number of fused-ring (bicyclic) bond motifs is 2. The fraction of sp³-hybridized carbons (Fsp3) is 0.578. The molecule has 0 radical (unpaired) electrons. The van der Waals surface area contributed by atoms with Crippen LogP contribution >= 0.6 is 0 Å². The normalized spacial score (nSPS) is 21.3. The van der Waals surface area contributed by atoms with Gasteiger partial charge in [0.05, 0.1) is 44.5 Å². The maximum absolute atomic E-state index is 12.6. The van der Waals surface area contributed by atoms with Crippen molar-refractivity contribution in [2.75, 3.05) is 40.0 Å². The number of esters is 1. The first-order valence-electron chi connectivity index (χ1n) is 20.3. The lowest BCUT2D eigenvalue weighted by Gasteiger charge is -2.49. The average molecular weight is 828 g/mol. The van der Waals surface area contributed by atoms with Gasteiger partial charge in [-0.3, -0.25) is 4.79 Å². The summed E-state index contributed by atoms with van der Waals surface area (Å²) in [4.78, 5) is 12.6. The second-order valence-corrected chi connectivity index (χ2v) is 15.6. The van der Waals surface area contributed by atoms with E-state index in [1.54, 1.807) is 12.1 Å². The molecule has 2 saturated heterocycles. The first-order chi connectivity index (χ1) is 26.2. The summed E-state index contributed by atoms with van der Waals surface area (Å²) in [6, 6.07) is 26.6. The number of aliphatic hydroxyl groups is 3. The van der Waals surface area contributed by atoms with Crippen molar-refractivity contribution in [1.29, 1.82) is 0 Å². The molecule has 0 aliphatic carbocycles. The van der Waals surface area contributed by atoms with Crippen LogP contribution < -0.4 is 22.3 Å². The number of halogens is 1. The van der Waals surface area contributed by atoms with E-state index in [9.17, 15) is 25.2 Å². The number of carbonyl (C=O) groups is 1. The molecule has 4 unspecified atom stereocenters. The van der Waals surface area contributed by atoms with Gasteiger partial charge in [0.15, 0.2) is 0 Å². The highest BCUT2D eigenvalue weighted by Gasteiger charge is 2.53. The number of piperidine rings is 1. The monoisotopic (exact) mass is 826 g/mol. The van der Waals surface area contributed by atoms with Crippen LogP contribution in [0.15, 0.2) is 78.9 Å². The lowest BCUT2D eigenvalue weighted by molar-refractivity contribution is -0.968. The van der Waals surface area contributed by atoms with Crippen LogP contribution in [0, 0.1) is 0 Å². The first kappa shape index (κ1) is 46.6. The zero-order chi connectivity index (χ0) is 38.8. The van der Waals surface area contributed by atoms with Crippen molar-refractivity contribution >= 4 is 5.97 Å². The summed E-state index contributed by atoms with van der Waals surface area (Å²) in [5.41, 5.74) is 3.36. The van der Waals surface area contributed by atoms with Crippen LogP contribution in [0.3, 0.4) is 0 Å². The predicted octanol–water partition coefficient (Wildman–Crippen LogP) is 3.97. The highest BCUT2D eigenvalue weighted by Crippen LogP contribution is 2.44. The van der Waals surface area contributed by atoms with Crippen LogP contribution in [-0.2, 0) is 27.3 Å². The van der Waals surface area contributed by atoms with E-state index in [4.69, 9.17) is 9.47 Å². The number of carbonyl (C=O) groups excluding carboxylic acids is 1. The molecule has 4 atom stereocenters. The zero-order valence-corrected chi connectivity index (χ0v) is 34.9. The summed E-state index contributed by atoms with van der Waals surface area (Å²) in [7, 11) is 2.37. The molecular weight excluding hydrogens is 760 g/mol. The average Bonchev–Trinajstić information content (AvgIpc) is 3.33. The second kappa shape index (κ2) is 24.7. The van der Waals surface area contributed by atoms with Crippen molar-refractivity contribution in [3.8, 4) is 5.75 Å². The number of benzene rings is 3. The third-order valence-electron chi connectivity index (χ3n) is 11.8. The van der Waals surface area contributed by atoms with Gasteiger partial charge >= 0.3 is 5.97 Å². The summed E-state index contributed by atoms with van der Waals surface area (Å²) in [6.07, 6.45) is 11.6. The lowest BCUT2D eigenvalue weighted by atomic mass is 9.94. The number of unbranched alkanes of at least 4 members (excludes halogenated alkanes) is 4. The molecule has 2 aliphatic rings. The molecule has 2 fully saturated rings. The Bertz CT molecular complexity index is 1480. The highest BCUT2D eigenvalue weighted by molar-refractivity contribution is 5.78. The second-order valence-electron chi connectivity index (χ2n) is 15.6. The molecule has 2 bridgehead atoms. The minimum Gasteiger partial charge on any atom is -1.00 e. The number of aliphatic hydroxyl groups excluding tert-OH is 3. The van der Waals surface area contributed by atoms with E-state index in [0.29, 0.717) is 35.8 Å². The Balaban J connectivity index is 0.000000296. The number of nitrogens with one attached hydrogen (secondary N) is 1. The maximum Gasteiger partial charge on any atom is 0.316 e. The van der Waals surface area contributed by atoms with Gasteiger partial charge in [0.25, 0.3) is 0 Å². The van der Waals surface area contributed by atoms with E-state index in [1.165, 1.54) is 30.9 Å². The van der Waals surface area contributed by atoms with Gasteiger partial charge in [-0.2, -0.15) is 0 Å². The topological polar surface area (TPSA) is 128 Å². The Hall–Kier alpha value is -2.83. The predicted molar refractivity (Wildman–Crippen MR) is 214 cm³/mol. The van der Waals surface area contributed by atoms with Gasteiger partial charge < -0.3 is 56.7 Å². The number of quaternary nitrogens is 1. The van der Waals surface area contributed by atoms with Gasteiger partial charge in [0, 0.05) is 51.0 Å². The quantitative estimate of drug-likeness (QED) is 0.0621. The van der Waals surface area contributed by atoms with Gasteiger partial charge in [-0.15, -0.1) is 0 Å². The number of nitrogens with zero attached hydrogens (tertiary/aromatic N) is 1. The van der Waals surface area contributed by atoms with Crippen molar-refractivity contribution in [3.05, 3.63) is 101 Å². The van der Waals surface area contributed by atoms with E-state index in [1.807, 2.05) is 30.3 Å². The van der Waals surface area contributed by atoms with Gasteiger partial charge in [0.2, 0.25) is 0 Å². The minimum atomic E-state index is -0.647. The van der Waals surface area contributed by atoms with E-state index in [2.05, 4.69) is 56.5 Å². The summed E-state index contributed by atoms with van der Waals surface area (Å²) in [6.45, 7) is 7.17. The van der Waals surface area contributed by atoms with Crippen molar-refractivity contribution < 1.29 is 56.2 Å². The van der Waals surface area contributed by atoms with Crippen LogP contribution in [0.2, 0.25) is 0 Å². The van der Waals surface area contributed by atoms with Crippen molar-refractivity contribution in [1.82, 2.24) is 5.32 Å². The number of rotatable bonds is 21. The molecule has 3 aromatic rings. The van der Waals surface area contributed by atoms with Gasteiger partial charge in [-0.25, -0.2) is 0 Å². The number of phenols is 1. The molecule has 5 N–H and O–H groups in total. The third-order valence-corrected chi connectivity index (χ3v) is 11.8. The standard InChI is InChI=1S/C25H37NO4.C20H30NO3.BrH/c27-20-23-18-22(13-14-24(23)28)25(29)19-26-15-7-1-2-8-16-30-17-9-6-12-21-10-4-3-5-11-21;1-14(2)21(3)16-9-10-17(21)12-18(11-16)24-20(23)19(13-22)15-7-5-4-6-8-15;/h3-5,10-11,13-14,18,25-29H,1-2,6-9,12,15-17,19-20H2;4-8,14,16-19,22H,9-13H2,1-3H3;1H/q;+1;/p-1. The number of aromatic hydroxyl groups is 1. The van der Waals surface area contributed by atoms with Gasteiger partial charge in [0.1, 0.15) is 17.8 Å². The molecule has 9 nitrogen and oxygen atoms in total. The van der Waals surface area contributed by atoms with Gasteiger partial charge in [-0.1, -0.05) is 79.6 Å².